The zero-order chi connectivity index (χ0) is 19.5. The summed E-state index contributed by atoms with van der Waals surface area (Å²) in [5.74, 6) is 0.0948. The molecule has 0 aliphatic rings. The summed E-state index contributed by atoms with van der Waals surface area (Å²) in [6, 6.07) is 13.2. The second-order valence-corrected chi connectivity index (χ2v) is 5.32. The maximum absolute atomic E-state index is 12.4. The minimum atomic E-state index is -2.94. The average Bonchev–Trinajstić information content (AvgIpc) is 2.65. The van der Waals surface area contributed by atoms with Crippen LogP contribution in [0.3, 0.4) is 0 Å². The number of rotatable bonds is 10. The summed E-state index contributed by atoms with van der Waals surface area (Å²) >= 11 is 0. The number of oxime groups is 1. The SMILES string of the molecule is CCCOc1ccccc1NC(=O)CO/N=C/c1ccccc1OC(F)F. The molecule has 144 valence electrons. The highest BCUT2D eigenvalue weighted by Crippen LogP contribution is 2.23. The van der Waals surface area contributed by atoms with E-state index in [4.69, 9.17) is 9.57 Å². The lowest BCUT2D eigenvalue weighted by atomic mass is 10.2. The van der Waals surface area contributed by atoms with Gasteiger partial charge in [0.1, 0.15) is 11.5 Å². The molecule has 0 radical (unpaired) electrons. The fourth-order valence-corrected chi connectivity index (χ4v) is 2.07. The molecule has 6 nitrogen and oxygen atoms in total. The zero-order valence-corrected chi connectivity index (χ0v) is 14.7. The second-order valence-electron chi connectivity index (χ2n) is 5.32. The van der Waals surface area contributed by atoms with E-state index < -0.39 is 12.5 Å². The molecule has 2 rings (SSSR count). The fourth-order valence-electron chi connectivity index (χ4n) is 2.07. The molecular formula is C19H20F2N2O4. The molecule has 2 aromatic carbocycles. The summed E-state index contributed by atoms with van der Waals surface area (Å²) in [7, 11) is 0. The molecule has 2 aromatic rings. The molecule has 1 amide bonds. The number of nitrogens with zero attached hydrogens (tertiary/aromatic N) is 1. The van der Waals surface area contributed by atoms with Gasteiger partial charge in [0.05, 0.1) is 18.5 Å². The third-order valence-corrected chi connectivity index (χ3v) is 3.22. The van der Waals surface area contributed by atoms with Crippen molar-refractivity contribution in [3.8, 4) is 11.5 Å². The normalized spacial score (nSPS) is 10.8. The third kappa shape index (κ3) is 6.93. The Morgan fingerprint density at radius 1 is 1.15 bits per heavy atom. The van der Waals surface area contributed by atoms with Crippen LogP contribution in [-0.2, 0) is 9.63 Å². The number of carbonyl (C=O) groups is 1. The molecular weight excluding hydrogens is 358 g/mol. The number of amides is 1. The van der Waals surface area contributed by atoms with Crippen LogP contribution in [0.25, 0.3) is 0 Å². The van der Waals surface area contributed by atoms with E-state index in [0.29, 0.717) is 23.6 Å². The summed E-state index contributed by atoms with van der Waals surface area (Å²) in [5, 5.41) is 6.29. The highest BCUT2D eigenvalue weighted by atomic mass is 19.3. The van der Waals surface area contributed by atoms with E-state index in [-0.39, 0.29) is 12.4 Å². The second kappa shape index (κ2) is 10.7. The van der Waals surface area contributed by atoms with Crippen molar-refractivity contribution in [3.63, 3.8) is 0 Å². The smallest absolute Gasteiger partial charge is 0.387 e. The summed E-state index contributed by atoms with van der Waals surface area (Å²) in [5.41, 5.74) is 0.829. The van der Waals surface area contributed by atoms with Gasteiger partial charge in [-0.3, -0.25) is 4.79 Å². The maximum Gasteiger partial charge on any atom is 0.387 e. The van der Waals surface area contributed by atoms with Crippen molar-refractivity contribution in [1.82, 2.24) is 0 Å². The van der Waals surface area contributed by atoms with E-state index in [2.05, 4.69) is 15.2 Å². The number of alkyl halides is 2. The Bertz CT molecular complexity index is 769. The first-order valence-corrected chi connectivity index (χ1v) is 8.31. The first kappa shape index (κ1) is 20.2. The number of hydrogen-bond donors (Lipinski definition) is 1. The lowest BCUT2D eigenvalue weighted by Crippen LogP contribution is -2.17. The van der Waals surface area contributed by atoms with Crippen LogP contribution in [-0.4, -0.2) is 31.9 Å². The van der Waals surface area contributed by atoms with E-state index in [1.54, 1.807) is 36.4 Å². The fraction of sp³-hybridized carbons (Fsp3) is 0.263. The summed E-state index contributed by atoms with van der Waals surface area (Å²) in [6.45, 7) is -0.775. The number of benzene rings is 2. The lowest BCUT2D eigenvalue weighted by molar-refractivity contribution is -0.120. The largest absolute Gasteiger partial charge is 0.491 e. The molecule has 0 fully saturated rings. The van der Waals surface area contributed by atoms with Gasteiger partial charge in [0.15, 0.2) is 6.61 Å². The van der Waals surface area contributed by atoms with Gasteiger partial charge in [0, 0.05) is 5.56 Å². The van der Waals surface area contributed by atoms with Crippen LogP contribution in [0.2, 0.25) is 0 Å². The van der Waals surface area contributed by atoms with Crippen LogP contribution < -0.4 is 14.8 Å². The van der Waals surface area contributed by atoms with Gasteiger partial charge in [0.2, 0.25) is 0 Å². The predicted octanol–water partition coefficient (Wildman–Crippen LogP) is 4.07. The van der Waals surface area contributed by atoms with Gasteiger partial charge in [-0.25, -0.2) is 0 Å². The van der Waals surface area contributed by atoms with Crippen molar-refractivity contribution >= 4 is 17.8 Å². The summed E-state index contributed by atoms with van der Waals surface area (Å²) in [6.07, 6.45) is 2.04. The van der Waals surface area contributed by atoms with Crippen LogP contribution in [0, 0.1) is 0 Å². The molecule has 0 aromatic heterocycles. The number of ether oxygens (including phenoxy) is 2. The van der Waals surface area contributed by atoms with Crippen LogP contribution in [0.15, 0.2) is 53.7 Å². The average molecular weight is 378 g/mol. The monoisotopic (exact) mass is 378 g/mol. The Kier molecular flexibility index (Phi) is 8.02. The van der Waals surface area contributed by atoms with Crippen LogP contribution >= 0.6 is 0 Å². The molecule has 0 unspecified atom stereocenters. The van der Waals surface area contributed by atoms with Crippen molar-refractivity contribution in [2.24, 2.45) is 5.16 Å². The number of halogens is 2. The molecule has 0 spiro atoms. The summed E-state index contributed by atoms with van der Waals surface area (Å²) in [4.78, 5) is 16.9. The molecule has 0 bridgehead atoms. The first-order valence-electron chi connectivity index (χ1n) is 8.31. The van der Waals surface area contributed by atoms with E-state index in [1.165, 1.54) is 18.3 Å². The molecule has 0 saturated carbocycles. The van der Waals surface area contributed by atoms with Gasteiger partial charge in [0.25, 0.3) is 5.91 Å². The Morgan fingerprint density at radius 2 is 1.85 bits per heavy atom. The number of para-hydroxylation sites is 3. The number of anilines is 1. The molecule has 0 aliphatic carbocycles. The van der Waals surface area contributed by atoms with Crippen LogP contribution in [0.1, 0.15) is 18.9 Å². The van der Waals surface area contributed by atoms with Crippen molar-refractivity contribution < 1.29 is 27.9 Å². The van der Waals surface area contributed by atoms with Crippen molar-refractivity contribution in [2.45, 2.75) is 20.0 Å². The van der Waals surface area contributed by atoms with Crippen molar-refractivity contribution in [3.05, 3.63) is 54.1 Å². The Morgan fingerprint density at radius 3 is 2.59 bits per heavy atom. The molecule has 8 heteroatoms. The Labute approximate surface area is 155 Å². The van der Waals surface area contributed by atoms with Gasteiger partial charge in [-0.1, -0.05) is 36.3 Å². The van der Waals surface area contributed by atoms with Gasteiger partial charge in [-0.05, 0) is 30.7 Å². The molecule has 1 N–H and O–H groups in total. The Hall–Kier alpha value is -3.16. The molecule has 0 atom stereocenters. The van der Waals surface area contributed by atoms with E-state index in [1.807, 2.05) is 6.92 Å². The summed E-state index contributed by atoms with van der Waals surface area (Å²) < 4.78 is 34.6. The number of hydrogen-bond acceptors (Lipinski definition) is 5. The number of carbonyl (C=O) groups excluding carboxylic acids is 1. The van der Waals surface area contributed by atoms with E-state index >= 15 is 0 Å². The van der Waals surface area contributed by atoms with Gasteiger partial charge in [-0.15, -0.1) is 0 Å². The first-order chi connectivity index (χ1) is 13.1. The standard InChI is InChI=1S/C19H20F2N2O4/c1-2-11-25-17-10-6-4-8-15(17)23-18(24)13-26-22-12-14-7-3-5-9-16(14)27-19(20)21/h3-10,12,19H,2,11,13H2,1H3,(H,23,24)/b22-12+. The van der Waals surface area contributed by atoms with Gasteiger partial charge in [-0.2, -0.15) is 8.78 Å². The highest BCUT2D eigenvalue weighted by Gasteiger charge is 2.09. The van der Waals surface area contributed by atoms with Crippen LogP contribution in [0.4, 0.5) is 14.5 Å². The third-order valence-electron chi connectivity index (χ3n) is 3.22. The van der Waals surface area contributed by atoms with Crippen molar-refractivity contribution in [1.29, 1.82) is 0 Å². The quantitative estimate of drug-likeness (QED) is 0.500. The maximum atomic E-state index is 12.4. The predicted molar refractivity (Wildman–Crippen MR) is 97.5 cm³/mol. The minimum absolute atomic E-state index is 0.0358. The van der Waals surface area contributed by atoms with Gasteiger partial charge >= 0.3 is 6.61 Å². The number of nitrogens with one attached hydrogen (secondary N) is 1. The van der Waals surface area contributed by atoms with Crippen LogP contribution in [0.5, 0.6) is 11.5 Å². The molecule has 0 saturated heterocycles. The molecule has 0 aliphatic heterocycles. The minimum Gasteiger partial charge on any atom is -0.491 e. The zero-order valence-electron chi connectivity index (χ0n) is 14.7. The van der Waals surface area contributed by atoms with E-state index in [9.17, 15) is 13.6 Å². The molecule has 27 heavy (non-hydrogen) atoms. The topological polar surface area (TPSA) is 69.2 Å². The Balaban J connectivity index is 1.87. The highest BCUT2D eigenvalue weighted by molar-refractivity contribution is 5.93. The molecule has 0 heterocycles. The lowest BCUT2D eigenvalue weighted by Gasteiger charge is -2.11. The van der Waals surface area contributed by atoms with E-state index in [0.717, 1.165) is 6.42 Å². The van der Waals surface area contributed by atoms with Gasteiger partial charge < -0.3 is 19.6 Å². The van der Waals surface area contributed by atoms with Crippen molar-refractivity contribution in [2.75, 3.05) is 18.5 Å².